The van der Waals surface area contributed by atoms with Crippen molar-refractivity contribution in [3.05, 3.63) is 29.6 Å². The first-order valence-electron chi connectivity index (χ1n) is 5.41. The van der Waals surface area contributed by atoms with E-state index in [-0.39, 0.29) is 24.4 Å². The molecule has 5 nitrogen and oxygen atoms in total. The van der Waals surface area contributed by atoms with E-state index in [0.717, 1.165) is 11.0 Å². The fourth-order valence-corrected chi connectivity index (χ4v) is 1.38. The van der Waals surface area contributed by atoms with Gasteiger partial charge in [0.05, 0.1) is 12.2 Å². The van der Waals surface area contributed by atoms with Crippen molar-refractivity contribution in [3.63, 3.8) is 0 Å². The van der Waals surface area contributed by atoms with E-state index in [4.69, 9.17) is 10.5 Å². The normalized spacial score (nSPS) is 9.94. The Morgan fingerprint density at radius 2 is 2.11 bits per heavy atom. The number of nitrogens with zero attached hydrogens (tertiary/aromatic N) is 1. The van der Waals surface area contributed by atoms with Gasteiger partial charge in [0.1, 0.15) is 12.4 Å². The van der Waals surface area contributed by atoms with E-state index in [1.807, 2.05) is 0 Å². The molecule has 18 heavy (non-hydrogen) atoms. The fourth-order valence-electron chi connectivity index (χ4n) is 1.38. The summed E-state index contributed by atoms with van der Waals surface area (Å²) in [7, 11) is 1.39. The summed E-state index contributed by atoms with van der Waals surface area (Å²) in [6.07, 6.45) is 0. The van der Waals surface area contributed by atoms with Crippen LogP contribution in [0.15, 0.2) is 18.2 Å². The number of nitrogens with two attached hydrogens (primary N) is 1. The molecular weight excluding hydrogens is 239 g/mol. The molecule has 0 saturated carbocycles. The minimum atomic E-state index is -0.676. The highest BCUT2D eigenvalue weighted by Crippen LogP contribution is 2.13. The van der Waals surface area contributed by atoms with Gasteiger partial charge in [-0.25, -0.2) is 4.39 Å². The Balaban J connectivity index is 2.80. The molecule has 0 unspecified atom stereocenters. The van der Waals surface area contributed by atoms with Gasteiger partial charge in [-0.1, -0.05) is 0 Å². The molecule has 0 heterocycles. The predicted molar refractivity (Wildman–Crippen MR) is 64.4 cm³/mol. The van der Waals surface area contributed by atoms with E-state index in [1.165, 1.54) is 19.2 Å². The first-order valence-corrected chi connectivity index (χ1v) is 5.41. The van der Waals surface area contributed by atoms with Crippen LogP contribution in [-0.2, 0) is 9.53 Å². The second-order valence-corrected chi connectivity index (χ2v) is 3.71. The van der Waals surface area contributed by atoms with Crippen LogP contribution in [0.4, 0.5) is 10.1 Å². The third-order valence-electron chi connectivity index (χ3n) is 2.24. The lowest BCUT2D eigenvalue weighted by Crippen LogP contribution is -2.33. The summed E-state index contributed by atoms with van der Waals surface area (Å²) in [5.41, 5.74) is 5.60. The van der Waals surface area contributed by atoms with Crippen LogP contribution in [0.2, 0.25) is 0 Å². The van der Waals surface area contributed by atoms with Gasteiger partial charge in [0.25, 0.3) is 5.91 Å². The maximum absolute atomic E-state index is 13.4. The number of ether oxygens (including phenoxy) is 1. The number of esters is 1. The number of hydrogen-bond acceptors (Lipinski definition) is 4. The summed E-state index contributed by atoms with van der Waals surface area (Å²) in [6.45, 7) is 1.66. The van der Waals surface area contributed by atoms with Crippen LogP contribution in [0.5, 0.6) is 0 Å². The van der Waals surface area contributed by atoms with E-state index in [1.54, 1.807) is 6.92 Å². The van der Waals surface area contributed by atoms with Crippen LogP contribution in [-0.4, -0.2) is 37.0 Å². The van der Waals surface area contributed by atoms with Gasteiger partial charge in [0, 0.05) is 12.7 Å². The monoisotopic (exact) mass is 254 g/mol. The number of nitrogen functional groups attached to an aromatic ring is 1. The number of rotatable bonds is 4. The SMILES string of the molecule is CCOC(=O)CN(C)C(=O)c1cc(N)ccc1F. The average molecular weight is 254 g/mol. The number of likely N-dealkylation sites (N-methyl/N-ethyl adjacent to an activating group) is 1. The van der Waals surface area contributed by atoms with E-state index in [2.05, 4.69) is 0 Å². The lowest BCUT2D eigenvalue weighted by Gasteiger charge is -2.16. The van der Waals surface area contributed by atoms with Crippen molar-refractivity contribution in [1.29, 1.82) is 0 Å². The van der Waals surface area contributed by atoms with Crippen LogP contribution >= 0.6 is 0 Å². The Morgan fingerprint density at radius 3 is 2.72 bits per heavy atom. The molecule has 0 spiro atoms. The van der Waals surface area contributed by atoms with Gasteiger partial charge in [-0.2, -0.15) is 0 Å². The number of hydrogen-bond donors (Lipinski definition) is 1. The Hall–Kier alpha value is -2.11. The number of halogens is 1. The molecule has 0 bridgehead atoms. The van der Waals surface area contributed by atoms with Crippen LogP contribution in [0.1, 0.15) is 17.3 Å². The van der Waals surface area contributed by atoms with E-state index >= 15 is 0 Å². The largest absolute Gasteiger partial charge is 0.465 e. The van der Waals surface area contributed by atoms with Gasteiger partial charge < -0.3 is 15.4 Å². The van der Waals surface area contributed by atoms with Crippen molar-refractivity contribution < 1.29 is 18.7 Å². The molecule has 0 aliphatic heterocycles. The molecule has 0 fully saturated rings. The lowest BCUT2D eigenvalue weighted by atomic mass is 10.1. The minimum Gasteiger partial charge on any atom is -0.465 e. The molecule has 6 heteroatoms. The molecular formula is C12H15FN2O3. The molecule has 0 aliphatic rings. The van der Waals surface area contributed by atoms with Gasteiger partial charge in [-0.15, -0.1) is 0 Å². The van der Waals surface area contributed by atoms with E-state index < -0.39 is 17.7 Å². The number of amides is 1. The number of carbonyl (C=O) groups excluding carboxylic acids is 2. The zero-order chi connectivity index (χ0) is 13.7. The Morgan fingerprint density at radius 1 is 1.44 bits per heavy atom. The third kappa shape index (κ3) is 3.44. The van der Waals surface area contributed by atoms with Crippen LogP contribution in [0.3, 0.4) is 0 Å². The summed E-state index contributed by atoms with van der Waals surface area (Å²) in [6, 6.07) is 3.71. The number of benzene rings is 1. The summed E-state index contributed by atoms with van der Waals surface area (Å²) in [5, 5.41) is 0. The van der Waals surface area contributed by atoms with E-state index in [9.17, 15) is 14.0 Å². The van der Waals surface area contributed by atoms with Crippen molar-refractivity contribution in [2.24, 2.45) is 0 Å². The molecule has 1 rings (SSSR count). The molecule has 0 saturated heterocycles. The molecule has 98 valence electrons. The summed E-state index contributed by atoms with van der Waals surface area (Å²) >= 11 is 0. The third-order valence-corrected chi connectivity index (χ3v) is 2.24. The van der Waals surface area contributed by atoms with Crippen LogP contribution in [0, 0.1) is 5.82 Å². The smallest absolute Gasteiger partial charge is 0.325 e. The molecule has 0 atom stereocenters. The Bertz CT molecular complexity index is 463. The average Bonchev–Trinajstić information content (AvgIpc) is 2.31. The number of anilines is 1. The molecule has 1 aromatic carbocycles. The fraction of sp³-hybridized carbons (Fsp3) is 0.333. The highest BCUT2D eigenvalue weighted by Gasteiger charge is 2.19. The molecule has 2 N–H and O–H groups in total. The van der Waals surface area contributed by atoms with E-state index in [0.29, 0.717) is 0 Å². The first kappa shape index (κ1) is 14.0. The van der Waals surface area contributed by atoms with Gasteiger partial charge in [-0.3, -0.25) is 9.59 Å². The second kappa shape index (κ2) is 6.00. The Kier molecular flexibility index (Phi) is 4.65. The second-order valence-electron chi connectivity index (χ2n) is 3.71. The number of carbonyl (C=O) groups is 2. The highest BCUT2D eigenvalue weighted by atomic mass is 19.1. The zero-order valence-electron chi connectivity index (χ0n) is 10.3. The predicted octanol–water partition coefficient (Wildman–Crippen LogP) is 1.04. The van der Waals surface area contributed by atoms with Gasteiger partial charge in [0.15, 0.2) is 0 Å². The van der Waals surface area contributed by atoms with Crippen LogP contribution in [0.25, 0.3) is 0 Å². The first-order chi connectivity index (χ1) is 8.45. The van der Waals surface area contributed by atoms with Gasteiger partial charge in [-0.05, 0) is 25.1 Å². The van der Waals surface area contributed by atoms with Crippen molar-refractivity contribution >= 4 is 17.6 Å². The quantitative estimate of drug-likeness (QED) is 0.643. The van der Waals surface area contributed by atoms with Crippen molar-refractivity contribution in [2.75, 3.05) is 25.9 Å². The Labute approximate surface area is 104 Å². The summed E-state index contributed by atoms with van der Waals surface area (Å²) in [5.74, 6) is -1.84. The maximum Gasteiger partial charge on any atom is 0.325 e. The minimum absolute atomic E-state index is 0.165. The van der Waals surface area contributed by atoms with Gasteiger partial charge >= 0.3 is 5.97 Å². The molecule has 0 radical (unpaired) electrons. The zero-order valence-corrected chi connectivity index (χ0v) is 10.3. The van der Waals surface area contributed by atoms with Gasteiger partial charge in [0.2, 0.25) is 0 Å². The molecule has 1 aromatic rings. The molecule has 1 amide bonds. The topological polar surface area (TPSA) is 72.6 Å². The summed E-state index contributed by atoms with van der Waals surface area (Å²) in [4.78, 5) is 24.2. The standard InChI is InChI=1S/C12H15FN2O3/c1-3-18-11(16)7-15(2)12(17)9-6-8(14)4-5-10(9)13/h4-6H,3,7,14H2,1-2H3. The summed E-state index contributed by atoms with van der Waals surface area (Å²) < 4.78 is 18.1. The lowest BCUT2D eigenvalue weighted by molar-refractivity contribution is -0.143. The highest BCUT2D eigenvalue weighted by molar-refractivity contribution is 5.96. The molecule has 0 aliphatic carbocycles. The van der Waals surface area contributed by atoms with Crippen molar-refractivity contribution in [3.8, 4) is 0 Å². The van der Waals surface area contributed by atoms with Crippen LogP contribution < -0.4 is 5.73 Å². The molecule has 0 aromatic heterocycles. The van der Waals surface area contributed by atoms with Crippen molar-refractivity contribution in [2.45, 2.75) is 6.92 Å². The maximum atomic E-state index is 13.4. The van der Waals surface area contributed by atoms with Crippen molar-refractivity contribution in [1.82, 2.24) is 4.90 Å².